The van der Waals surface area contributed by atoms with Crippen molar-refractivity contribution < 1.29 is 4.92 Å². The number of nitro groups is 1. The minimum absolute atomic E-state index is 0.0737. The maximum Gasteiger partial charge on any atom is 0.270 e. The lowest BCUT2D eigenvalue weighted by Crippen LogP contribution is -1.93. The molecule has 0 unspecified atom stereocenters. The highest BCUT2D eigenvalue weighted by Gasteiger charge is 2.09. The van der Waals surface area contributed by atoms with E-state index in [0.717, 1.165) is 11.3 Å². The number of non-ortho nitro benzene ring substituents is 1. The van der Waals surface area contributed by atoms with Gasteiger partial charge in [-0.2, -0.15) is 0 Å². The number of aromatic amines is 1. The van der Waals surface area contributed by atoms with Crippen molar-refractivity contribution in [3.05, 3.63) is 45.3 Å². The number of imidazole rings is 1. The van der Waals surface area contributed by atoms with Crippen molar-refractivity contribution in [1.82, 2.24) is 9.55 Å². The van der Waals surface area contributed by atoms with E-state index in [1.165, 1.54) is 12.1 Å². The molecule has 5 nitrogen and oxygen atoms in total. The molecule has 0 aliphatic carbocycles. The molecule has 0 atom stereocenters. The van der Waals surface area contributed by atoms with Gasteiger partial charge in [-0.1, -0.05) is 12.1 Å². The Morgan fingerprint density at radius 3 is 2.81 bits per heavy atom. The van der Waals surface area contributed by atoms with Gasteiger partial charge in [0.05, 0.1) is 10.6 Å². The molecule has 2 rings (SSSR count). The molecule has 0 fully saturated rings. The van der Waals surface area contributed by atoms with E-state index in [9.17, 15) is 10.1 Å². The van der Waals surface area contributed by atoms with Gasteiger partial charge in [-0.05, 0) is 12.2 Å². The van der Waals surface area contributed by atoms with Gasteiger partial charge in [-0.25, -0.2) is 0 Å². The van der Waals surface area contributed by atoms with Gasteiger partial charge in [0.1, 0.15) is 0 Å². The largest absolute Gasteiger partial charge is 0.337 e. The highest BCUT2D eigenvalue weighted by Crippen LogP contribution is 2.23. The fourth-order valence-electron chi connectivity index (χ4n) is 1.49. The minimum Gasteiger partial charge on any atom is -0.337 e. The third-order valence-corrected chi connectivity index (χ3v) is 2.74. The first-order chi connectivity index (χ1) is 7.59. The van der Waals surface area contributed by atoms with E-state index in [1.807, 2.05) is 13.1 Å². The van der Waals surface area contributed by atoms with Gasteiger partial charge in [-0.15, -0.1) is 0 Å². The second kappa shape index (κ2) is 3.90. The summed E-state index contributed by atoms with van der Waals surface area (Å²) in [6.45, 7) is 0. The molecule has 1 aromatic heterocycles. The number of hydrogen-bond acceptors (Lipinski definition) is 3. The van der Waals surface area contributed by atoms with Crippen molar-refractivity contribution in [3.8, 4) is 11.3 Å². The molecule has 0 saturated carbocycles. The number of aromatic nitrogens is 2. The molecule has 16 heavy (non-hydrogen) atoms. The summed E-state index contributed by atoms with van der Waals surface area (Å²) in [6, 6.07) is 6.46. The van der Waals surface area contributed by atoms with E-state index in [0.29, 0.717) is 4.77 Å². The topological polar surface area (TPSA) is 63.9 Å². The van der Waals surface area contributed by atoms with Crippen LogP contribution in [0.15, 0.2) is 30.5 Å². The highest BCUT2D eigenvalue weighted by molar-refractivity contribution is 7.71. The molecule has 0 bridgehead atoms. The maximum absolute atomic E-state index is 10.6. The Morgan fingerprint density at radius 1 is 1.50 bits per heavy atom. The van der Waals surface area contributed by atoms with E-state index in [2.05, 4.69) is 4.98 Å². The number of hydrogen-bond donors (Lipinski definition) is 1. The maximum atomic E-state index is 10.6. The molecule has 0 spiro atoms. The van der Waals surface area contributed by atoms with Crippen LogP contribution in [0, 0.1) is 14.9 Å². The third-order valence-electron chi connectivity index (χ3n) is 2.35. The summed E-state index contributed by atoms with van der Waals surface area (Å²) in [6.07, 6.45) is 1.74. The van der Waals surface area contributed by atoms with Crippen LogP contribution in [-0.2, 0) is 7.05 Å². The van der Waals surface area contributed by atoms with E-state index in [1.54, 1.807) is 16.8 Å². The summed E-state index contributed by atoms with van der Waals surface area (Å²) < 4.78 is 2.36. The zero-order chi connectivity index (χ0) is 11.7. The van der Waals surface area contributed by atoms with Crippen LogP contribution < -0.4 is 0 Å². The Hall–Kier alpha value is -1.95. The van der Waals surface area contributed by atoms with Crippen molar-refractivity contribution >= 4 is 17.9 Å². The number of H-pyrrole nitrogens is 1. The first kappa shape index (κ1) is 10.6. The summed E-state index contributed by atoms with van der Waals surface area (Å²) in [5.74, 6) is 0. The van der Waals surface area contributed by atoms with Gasteiger partial charge in [-0.3, -0.25) is 10.1 Å². The van der Waals surface area contributed by atoms with Gasteiger partial charge < -0.3 is 9.55 Å². The standard InChI is InChI=1S/C10H9N3O2S/c1-12-9(6-11-10(12)16)7-3-2-4-8(5-7)13(14)15/h2-6H,1H3,(H,11,16). The van der Waals surface area contributed by atoms with Gasteiger partial charge in [0.15, 0.2) is 4.77 Å². The number of nitrogens with one attached hydrogen (secondary N) is 1. The minimum atomic E-state index is -0.412. The van der Waals surface area contributed by atoms with Gasteiger partial charge in [0.2, 0.25) is 0 Å². The molecule has 6 heteroatoms. The second-order valence-corrected chi connectivity index (χ2v) is 3.73. The SMILES string of the molecule is Cn1c(-c2cccc([N+](=O)[O-])c2)c[nH]c1=S. The van der Waals surface area contributed by atoms with E-state index < -0.39 is 4.92 Å². The fraction of sp³-hybridized carbons (Fsp3) is 0.100. The van der Waals surface area contributed by atoms with E-state index >= 15 is 0 Å². The van der Waals surface area contributed by atoms with Crippen LogP contribution in [-0.4, -0.2) is 14.5 Å². The molecule has 1 heterocycles. The molecular formula is C10H9N3O2S. The molecule has 2 aromatic rings. The lowest BCUT2D eigenvalue weighted by molar-refractivity contribution is -0.384. The molecule has 0 saturated heterocycles. The quantitative estimate of drug-likeness (QED) is 0.494. The second-order valence-electron chi connectivity index (χ2n) is 3.35. The monoisotopic (exact) mass is 235 g/mol. The summed E-state index contributed by atoms with van der Waals surface area (Å²) in [4.78, 5) is 13.1. The summed E-state index contributed by atoms with van der Waals surface area (Å²) in [7, 11) is 1.81. The van der Waals surface area contributed by atoms with Gasteiger partial charge in [0, 0.05) is 30.9 Å². The van der Waals surface area contributed by atoms with Crippen molar-refractivity contribution in [3.63, 3.8) is 0 Å². The summed E-state index contributed by atoms with van der Waals surface area (Å²) in [5, 5.41) is 10.6. The third kappa shape index (κ3) is 1.74. The zero-order valence-corrected chi connectivity index (χ0v) is 9.32. The molecule has 0 amide bonds. The fourth-order valence-corrected chi connectivity index (χ4v) is 1.65. The Morgan fingerprint density at radius 2 is 2.25 bits per heavy atom. The van der Waals surface area contributed by atoms with Crippen LogP contribution in [0.2, 0.25) is 0 Å². The van der Waals surface area contributed by atoms with Crippen LogP contribution in [0.3, 0.4) is 0 Å². The molecule has 1 aromatic carbocycles. The van der Waals surface area contributed by atoms with Crippen LogP contribution in [0.1, 0.15) is 0 Å². The summed E-state index contributed by atoms with van der Waals surface area (Å²) >= 11 is 5.03. The summed E-state index contributed by atoms with van der Waals surface area (Å²) in [5.41, 5.74) is 1.67. The molecule has 0 radical (unpaired) electrons. The Bertz CT molecular complexity index is 600. The predicted molar refractivity (Wildman–Crippen MR) is 62.7 cm³/mol. The van der Waals surface area contributed by atoms with E-state index in [4.69, 9.17) is 12.2 Å². The number of benzene rings is 1. The highest BCUT2D eigenvalue weighted by atomic mass is 32.1. The van der Waals surface area contributed by atoms with Gasteiger partial charge in [0.25, 0.3) is 5.69 Å². The molecular weight excluding hydrogens is 226 g/mol. The molecule has 82 valence electrons. The lowest BCUT2D eigenvalue weighted by atomic mass is 10.1. The lowest BCUT2D eigenvalue weighted by Gasteiger charge is -2.01. The molecule has 0 aliphatic rings. The first-order valence-electron chi connectivity index (χ1n) is 4.59. The van der Waals surface area contributed by atoms with Crippen molar-refractivity contribution in [1.29, 1.82) is 0 Å². The predicted octanol–water partition coefficient (Wildman–Crippen LogP) is 2.66. The van der Waals surface area contributed by atoms with E-state index in [-0.39, 0.29) is 5.69 Å². The zero-order valence-electron chi connectivity index (χ0n) is 8.51. The van der Waals surface area contributed by atoms with Crippen molar-refractivity contribution in [2.24, 2.45) is 7.05 Å². The Kier molecular flexibility index (Phi) is 2.57. The Balaban J connectivity index is 2.57. The molecule has 0 aliphatic heterocycles. The smallest absolute Gasteiger partial charge is 0.270 e. The average Bonchev–Trinajstić information content (AvgIpc) is 2.60. The average molecular weight is 235 g/mol. The van der Waals surface area contributed by atoms with Crippen molar-refractivity contribution in [2.75, 3.05) is 0 Å². The van der Waals surface area contributed by atoms with Crippen molar-refractivity contribution in [2.45, 2.75) is 0 Å². The molecule has 1 N–H and O–H groups in total. The Labute approximate surface area is 96.5 Å². The van der Waals surface area contributed by atoms with Crippen LogP contribution >= 0.6 is 12.2 Å². The first-order valence-corrected chi connectivity index (χ1v) is 4.99. The van der Waals surface area contributed by atoms with Crippen LogP contribution in [0.25, 0.3) is 11.3 Å². The van der Waals surface area contributed by atoms with Crippen LogP contribution in [0.4, 0.5) is 5.69 Å². The van der Waals surface area contributed by atoms with Gasteiger partial charge >= 0.3 is 0 Å². The van der Waals surface area contributed by atoms with Crippen LogP contribution in [0.5, 0.6) is 0 Å². The number of nitrogens with zero attached hydrogens (tertiary/aromatic N) is 2. The number of rotatable bonds is 2. The normalized spacial score (nSPS) is 10.3. The number of nitro benzene ring substituents is 1.